The summed E-state index contributed by atoms with van der Waals surface area (Å²) in [5.41, 5.74) is -0.360. The summed E-state index contributed by atoms with van der Waals surface area (Å²) < 4.78 is 15.1. The van der Waals surface area contributed by atoms with Gasteiger partial charge in [-0.1, -0.05) is 81.4 Å². The molecule has 0 unspecified atom stereocenters. The zero-order chi connectivity index (χ0) is 26.1. The number of rotatable bonds is 7. The van der Waals surface area contributed by atoms with E-state index in [0.29, 0.717) is 18.6 Å². The molecule has 3 aromatic rings. The average Bonchev–Trinajstić information content (AvgIpc) is 3.27. The van der Waals surface area contributed by atoms with Crippen LogP contribution >= 0.6 is 0 Å². The number of hydrogen-bond acceptors (Lipinski definition) is 5. The summed E-state index contributed by atoms with van der Waals surface area (Å²) in [6.45, 7) is 8.86. The topological polar surface area (TPSA) is 76.6 Å². The Hall–Kier alpha value is -2.78. The second-order valence-corrected chi connectivity index (χ2v) is 15.2. The highest BCUT2D eigenvalue weighted by atomic mass is 28.4. The Morgan fingerprint density at radius 2 is 1.58 bits per heavy atom. The van der Waals surface area contributed by atoms with Gasteiger partial charge in [0.1, 0.15) is 0 Å². The molecule has 1 aliphatic rings. The third-order valence-corrected chi connectivity index (χ3v) is 12.2. The van der Waals surface area contributed by atoms with E-state index >= 15 is 0 Å². The van der Waals surface area contributed by atoms with Crippen LogP contribution in [0.2, 0.25) is 5.04 Å². The lowest BCUT2D eigenvalue weighted by molar-refractivity contribution is -0.0366. The highest BCUT2D eigenvalue weighted by Gasteiger charge is 2.51. The third kappa shape index (κ3) is 4.91. The van der Waals surface area contributed by atoms with E-state index < -0.39 is 20.2 Å². The van der Waals surface area contributed by atoms with E-state index in [1.54, 1.807) is 13.1 Å². The van der Waals surface area contributed by atoms with Gasteiger partial charge in [-0.05, 0) is 42.9 Å². The van der Waals surface area contributed by atoms with Gasteiger partial charge in [-0.15, -0.1) is 0 Å². The summed E-state index contributed by atoms with van der Waals surface area (Å²) in [6, 6.07) is 21.0. The number of likely N-dealkylation sites (N-methyl/N-ethyl adjacent to an activating group) is 1. The Morgan fingerprint density at radius 3 is 2.08 bits per heavy atom. The molecule has 1 saturated heterocycles. The van der Waals surface area contributed by atoms with E-state index in [2.05, 4.69) is 79.2 Å². The quantitative estimate of drug-likeness (QED) is 0.498. The van der Waals surface area contributed by atoms with Crippen molar-refractivity contribution < 1.29 is 9.16 Å². The Bertz CT molecular complexity index is 1240. The summed E-state index contributed by atoms with van der Waals surface area (Å²) in [4.78, 5) is 29.1. The van der Waals surface area contributed by atoms with Crippen LogP contribution in [-0.4, -0.2) is 55.6 Å². The van der Waals surface area contributed by atoms with Gasteiger partial charge in [0, 0.05) is 11.8 Å². The van der Waals surface area contributed by atoms with Crippen LogP contribution in [-0.2, 0) is 9.16 Å². The molecule has 0 amide bonds. The summed E-state index contributed by atoms with van der Waals surface area (Å²) in [6.07, 6.45) is 1.58. The Balaban J connectivity index is 1.69. The Kier molecular flexibility index (Phi) is 7.52. The van der Waals surface area contributed by atoms with Gasteiger partial charge in [-0.25, -0.2) is 4.79 Å². The van der Waals surface area contributed by atoms with Crippen LogP contribution in [0.3, 0.4) is 0 Å². The molecule has 4 rings (SSSR count). The molecule has 0 bridgehead atoms. The zero-order valence-corrected chi connectivity index (χ0v) is 23.0. The Labute approximate surface area is 213 Å². The fourth-order valence-electron chi connectivity index (χ4n) is 5.31. The van der Waals surface area contributed by atoms with Gasteiger partial charge >= 0.3 is 5.69 Å². The van der Waals surface area contributed by atoms with E-state index in [-0.39, 0.29) is 22.7 Å². The predicted octanol–water partition coefficient (Wildman–Crippen LogP) is 2.64. The summed E-state index contributed by atoms with van der Waals surface area (Å²) >= 11 is 0. The fourth-order valence-corrected chi connectivity index (χ4v) is 9.90. The van der Waals surface area contributed by atoms with Crippen molar-refractivity contribution in [1.82, 2.24) is 14.5 Å². The van der Waals surface area contributed by atoms with Gasteiger partial charge in [0.25, 0.3) is 13.9 Å². The monoisotopic (exact) mass is 507 g/mol. The van der Waals surface area contributed by atoms with E-state index in [4.69, 9.17) is 9.16 Å². The molecule has 2 aromatic carbocycles. The number of aromatic nitrogens is 2. The highest BCUT2D eigenvalue weighted by molar-refractivity contribution is 6.99. The SMILES string of the molecule is Cc1cn([C@H]2O[C@@H](CO[Si](c3ccccc3)(c3ccccc3)C(C)(C)C)C[C@@H]2N(C)C)c(=O)[nH]c1=O. The number of aromatic amines is 1. The molecule has 1 N–H and O–H groups in total. The number of hydrogen-bond donors (Lipinski definition) is 1. The molecular formula is C28H37N3O4Si. The Morgan fingerprint density at radius 1 is 1.03 bits per heavy atom. The molecule has 1 fully saturated rings. The molecule has 8 heteroatoms. The number of benzene rings is 2. The summed E-state index contributed by atoms with van der Waals surface area (Å²) in [5, 5.41) is 2.30. The van der Waals surface area contributed by atoms with Gasteiger partial charge in [0.2, 0.25) is 0 Å². The van der Waals surface area contributed by atoms with Crippen molar-refractivity contribution in [3.8, 4) is 0 Å². The van der Waals surface area contributed by atoms with Crippen LogP contribution in [0.25, 0.3) is 0 Å². The number of aryl methyl sites for hydroxylation is 1. The largest absolute Gasteiger partial charge is 0.405 e. The second kappa shape index (κ2) is 10.3. The van der Waals surface area contributed by atoms with Crippen molar-refractivity contribution in [2.24, 2.45) is 0 Å². The van der Waals surface area contributed by atoms with Crippen molar-refractivity contribution >= 4 is 18.7 Å². The molecule has 2 heterocycles. The molecule has 0 radical (unpaired) electrons. The van der Waals surface area contributed by atoms with Crippen molar-refractivity contribution in [3.63, 3.8) is 0 Å². The zero-order valence-electron chi connectivity index (χ0n) is 22.0. The minimum atomic E-state index is -2.70. The van der Waals surface area contributed by atoms with Gasteiger partial charge in [0.05, 0.1) is 18.8 Å². The minimum Gasteiger partial charge on any atom is -0.405 e. The van der Waals surface area contributed by atoms with Crippen LogP contribution in [0.4, 0.5) is 0 Å². The fraction of sp³-hybridized carbons (Fsp3) is 0.429. The molecule has 0 saturated carbocycles. The maximum atomic E-state index is 12.7. The maximum Gasteiger partial charge on any atom is 0.330 e. The van der Waals surface area contributed by atoms with Gasteiger partial charge < -0.3 is 14.1 Å². The van der Waals surface area contributed by atoms with E-state index in [0.717, 1.165) is 0 Å². The van der Waals surface area contributed by atoms with Crippen LogP contribution in [0.15, 0.2) is 76.4 Å². The van der Waals surface area contributed by atoms with Crippen molar-refractivity contribution in [2.45, 2.75) is 57.5 Å². The van der Waals surface area contributed by atoms with Crippen molar-refractivity contribution in [2.75, 3.05) is 20.7 Å². The van der Waals surface area contributed by atoms with Crippen LogP contribution in [0, 0.1) is 6.92 Å². The van der Waals surface area contributed by atoms with Gasteiger partial charge in [0.15, 0.2) is 6.23 Å². The molecule has 1 aliphatic heterocycles. The highest BCUT2D eigenvalue weighted by Crippen LogP contribution is 2.38. The third-order valence-electron chi connectivity index (χ3n) is 7.15. The maximum absolute atomic E-state index is 12.7. The molecule has 192 valence electrons. The minimum absolute atomic E-state index is 0.0410. The number of nitrogens with one attached hydrogen (secondary N) is 1. The summed E-state index contributed by atoms with van der Waals surface area (Å²) in [7, 11) is 1.26. The normalized spacial score (nSPS) is 20.7. The lowest BCUT2D eigenvalue weighted by Gasteiger charge is -2.43. The molecule has 3 atom stereocenters. The van der Waals surface area contributed by atoms with E-state index in [9.17, 15) is 9.59 Å². The van der Waals surface area contributed by atoms with Crippen molar-refractivity contribution in [3.05, 3.63) is 93.3 Å². The second-order valence-electron chi connectivity index (χ2n) is 10.9. The van der Waals surface area contributed by atoms with Crippen LogP contribution in [0.1, 0.15) is 39.0 Å². The molecule has 36 heavy (non-hydrogen) atoms. The summed E-state index contributed by atoms with van der Waals surface area (Å²) in [5.74, 6) is 0. The first kappa shape index (κ1) is 26.3. The molecule has 7 nitrogen and oxygen atoms in total. The standard InChI is InChI=1S/C28H37N3O4Si/c1-20-18-31(27(33)29-25(20)32)26-24(30(5)6)17-21(35-26)19-34-36(28(2,3)4,22-13-9-7-10-14-22)23-15-11-8-12-16-23/h7-16,18,21,24,26H,17,19H2,1-6H3,(H,29,32,33)/t21-,24+,26+/m1/s1. The first-order valence-electron chi connectivity index (χ1n) is 12.4. The molecule has 0 spiro atoms. The number of nitrogens with zero attached hydrogens (tertiary/aromatic N) is 2. The average molecular weight is 508 g/mol. The van der Waals surface area contributed by atoms with Gasteiger partial charge in [-0.2, -0.15) is 0 Å². The number of ether oxygens (including phenoxy) is 1. The number of H-pyrrole nitrogens is 1. The van der Waals surface area contributed by atoms with Crippen LogP contribution in [0.5, 0.6) is 0 Å². The molecular weight excluding hydrogens is 470 g/mol. The predicted molar refractivity (Wildman–Crippen MR) is 146 cm³/mol. The lowest BCUT2D eigenvalue weighted by Crippen LogP contribution is -2.67. The smallest absolute Gasteiger partial charge is 0.330 e. The molecule has 1 aromatic heterocycles. The first-order chi connectivity index (χ1) is 17.0. The van der Waals surface area contributed by atoms with E-state index in [1.165, 1.54) is 14.9 Å². The van der Waals surface area contributed by atoms with Crippen LogP contribution < -0.4 is 21.6 Å². The lowest BCUT2D eigenvalue weighted by atomic mass is 10.1. The van der Waals surface area contributed by atoms with E-state index in [1.807, 2.05) is 26.2 Å². The first-order valence-corrected chi connectivity index (χ1v) is 14.3. The van der Waals surface area contributed by atoms with Crippen molar-refractivity contribution in [1.29, 1.82) is 0 Å². The molecule has 0 aliphatic carbocycles. The van der Waals surface area contributed by atoms with Gasteiger partial charge in [-0.3, -0.25) is 14.3 Å².